The van der Waals surface area contributed by atoms with E-state index < -0.39 is 0 Å². The van der Waals surface area contributed by atoms with Crippen LogP contribution in [0.5, 0.6) is 0 Å². The van der Waals surface area contributed by atoms with Gasteiger partial charge in [-0.05, 0) is 6.92 Å². The summed E-state index contributed by atoms with van der Waals surface area (Å²) in [5.74, 6) is 0.775. The van der Waals surface area contributed by atoms with Crippen molar-refractivity contribution in [1.82, 2.24) is 15.2 Å². The summed E-state index contributed by atoms with van der Waals surface area (Å²) in [5.41, 5.74) is 1.04. The van der Waals surface area contributed by atoms with Crippen molar-refractivity contribution in [2.75, 3.05) is 20.6 Å². The number of rotatable bonds is 4. The number of hydrogen-bond acceptors (Lipinski definition) is 3. The molecular weight excluding hydrogens is 383 g/mol. The molecular formula is C11H18ClIN4S. The molecule has 0 fully saturated rings. The molecule has 1 rings (SSSR count). The first-order valence-corrected chi connectivity index (χ1v) is 6.44. The summed E-state index contributed by atoms with van der Waals surface area (Å²) in [5, 5.41) is 6.80. The third-order valence-corrected chi connectivity index (χ3v) is 3.03. The van der Waals surface area contributed by atoms with Gasteiger partial charge in [0.1, 0.15) is 0 Å². The zero-order valence-corrected chi connectivity index (χ0v) is 14.6. The molecule has 0 atom stereocenters. The van der Waals surface area contributed by atoms with Gasteiger partial charge in [0, 0.05) is 24.5 Å². The van der Waals surface area contributed by atoms with Gasteiger partial charge in [0.25, 0.3) is 0 Å². The van der Waals surface area contributed by atoms with Crippen LogP contribution in [0.3, 0.4) is 0 Å². The van der Waals surface area contributed by atoms with Crippen molar-refractivity contribution >= 4 is 52.9 Å². The fourth-order valence-electron chi connectivity index (χ4n) is 1.36. The summed E-state index contributed by atoms with van der Waals surface area (Å²) in [4.78, 5) is 10.6. The van der Waals surface area contributed by atoms with E-state index in [2.05, 4.69) is 27.3 Å². The predicted molar refractivity (Wildman–Crippen MR) is 90.1 cm³/mol. The highest BCUT2D eigenvalue weighted by molar-refractivity contribution is 14.0. The Morgan fingerprint density at radius 2 is 2.33 bits per heavy atom. The second kappa shape index (κ2) is 8.71. The van der Waals surface area contributed by atoms with E-state index in [4.69, 9.17) is 11.6 Å². The smallest absolute Gasteiger partial charge is 0.194 e. The Morgan fingerprint density at radius 3 is 2.78 bits per heavy atom. The molecule has 18 heavy (non-hydrogen) atoms. The number of aromatic nitrogens is 1. The zero-order valence-electron chi connectivity index (χ0n) is 10.7. The van der Waals surface area contributed by atoms with E-state index in [1.807, 2.05) is 18.9 Å². The van der Waals surface area contributed by atoms with E-state index in [9.17, 15) is 0 Å². The molecule has 0 unspecified atom stereocenters. The summed E-state index contributed by atoms with van der Waals surface area (Å²) < 4.78 is 0. The van der Waals surface area contributed by atoms with Gasteiger partial charge in [-0.3, -0.25) is 4.99 Å². The summed E-state index contributed by atoms with van der Waals surface area (Å²) in [7, 11) is 3.70. The van der Waals surface area contributed by atoms with Crippen molar-refractivity contribution < 1.29 is 0 Å². The normalized spacial score (nSPS) is 10.8. The number of halogens is 2. The fraction of sp³-hybridized carbons (Fsp3) is 0.455. The Bertz CT molecular complexity index is 419. The maximum absolute atomic E-state index is 5.71. The molecule has 7 heteroatoms. The van der Waals surface area contributed by atoms with E-state index >= 15 is 0 Å². The number of nitrogens with zero attached hydrogens (tertiary/aromatic N) is 3. The molecule has 0 aliphatic heterocycles. The number of hydrogen-bond donors (Lipinski definition) is 1. The molecule has 4 nitrogen and oxygen atoms in total. The molecule has 1 aromatic rings. The molecule has 1 N–H and O–H groups in total. The average molecular weight is 401 g/mol. The first-order chi connectivity index (χ1) is 8.02. The van der Waals surface area contributed by atoms with Gasteiger partial charge < -0.3 is 10.2 Å². The minimum atomic E-state index is 0. The molecule has 0 aliphatic rings. The van der Waals surface area contributed by atoms with E-state index in [1.165, 1.54) is 0 Å². The lowest BCUT2D eigenvalue weighted by molar-refractivity contribution is 0.474. The second-order valence-electron chi connectivity index (χ2n) is 3.63. The monoisotopic (exact) mass is 400 g/mol. The minimum Gasteiger partial charge on any atom is -0.351 e. The Morgan fingerprint density at radius 1 is 1.67 bits per heavy atom. The highest BCUT2D eigenvalue weighted by Gasteiger charge is 2.08. The molecule has 0 saturated carbocycles. The van der Waals surface area contributed by atoms with Crippen LogP contribution in [-0.2, 0) is 6.54 Å². The van der Waals surface area contributed by atoms with Gasteiger partial charge >= 0.3 is 0 Å². The second-order valence-corrected chi connectivity index (χ2v) is 5.23. The lowest BCUT2D eigenvalue weighted by Crippen LogP contribution is -2.39. The molecule has 1 aromatic heterocycles. The molecule has 0 aliphatic carbocycles. The maximum atomic E-state index is 5.71. The third kappa shape index (κ3) is 6.01. The van der Waals surface area contributed by atoms with Crippen LogP contribution in [-0.4, -0.2) is 36.5 Å². The zero-order chi connectivity index (χ0) is 12.8. The van der Waals surface area contributed by atoms with Crippen LogP contribution in [0.1, 0.15) is 10.7 Å². The lowest BCUT2D eigenvalue weighted by Gasteiger charge is -2.20. The molecule has 0 radical (unpaired) electrons. The van der Waals surface area contributed by atoms with Gasteiger partial charge in [0.2, 0.25) is 0 Å². The van der Waals surface area contributed by atoms with Crippen LogP contribution in [0.2, 0.25) is 0 Å². The standard InChI is InChI=1S/C11H17ClN4S.HI/c1-8(12)5-14-11(13-3)16(4)6-10-7-17-9(2)15-10;/h7H,1,5-6H2,2-4H3,(H,13,14);1H. The quantitative estimate of drug-likeness (QED) is 0.480. The number of thiazole rings is 1. The Balaban J connectivity index is 0.00000289. The van der Waals surface area contributed by atoms with Crippen molar-refractivity contribution in [2.45, 2.75) is 13.5 Å². The Hall–Kier alpha value is -0.340. The largest absolute Gasteiger partial charge is 0.351 e. The lowest BCUT2D eigenvalue weighted by atomic mass is 10.4. The van der Waals surface area contributed by atoms with Crippen LogP contribution in [0, 0.1) is 6.92 Å². The maximum Gasteiger partial charge on any atom is 0.194 e. The van der Waals surface area contributed by atoms with Crippen LogP contribution in [0.25, 0.3) is 0 Å². The van der Waals surface area contributed by atoms with Crippen molar-refractivity contribution in [1.29, 1.82) is 0 Å². The number of aryl methyl sites for hydroxylation is 1. The molecule has 0 bridgehead atoms. The average Bonchev–Trinajstić information content (AvgIpc) is 2.64. The number of nitrogens with one attached hydrogen (secondary N) is 1. The molecule has 102 valence electrons. The van der Waals surface area contributed by atoms with Gasteiger partial charge in [-0.1, -0.05) is 18.2 Å². The third-order valence-electron chi connectivity index (χ3n) is 2.08. The van der Waals surface area contributed by atoms with E-state index in [0.29, 0.717) is 11.6 Å². The van der Waals surface area contributed by atoms with Gasteiger partial charge in [-0.15, -0.1) is 35.3 Å². The summed E-state index contributed by atoms with van der Waals surface area (Å²) >= 11 is 7.36. The van der Waals surface area contributed by atoms with Gasteiger partial charge in [0.15, 0.2) is 5.96 Å². The summed E-state index contributed by atoms with van der Waals surface area (Å²) in [6.45, 7) is 6.86. The first kappa shape index (κ1) is 17.7. The fourth-order valence-corrected chi connectivity index (χ4v) is 2.03. The molecule has 0 aromatic carbocycles. The van der Waals surface area contributed by atoms with E-state index in [1.54, 1.807) is 18.4 Å². The van der Waals surface area contributed by atoms with Crippen molar-refractivity contribution in [3.8, 4) is 0 Å². The molecule has 0 amide bonds. The van der Waals surface area contributed by atoms with Crippen LogP contribution >= 0.6 is 46.9 Å². The van der Waals surface area contributed by atoms with Gasteiger partial charge in [0.05, 0.1) is 23.8 Å². The summed E-state index contributed by atoms with van der Waals surface area (Å²) in [6.07, 6.45) is 0. The van der Waals surface area contributed by atoms with E-state index in [-0.39, 0.29) is 24.0 Å². The highest BCUT2D eigenvalue weighted by atomic mass is 127. The first-order valence-electron chi connectivity index (χ1n) is 5.19. The highest BCUT2D eigenvalue weighted by Crippen LogP contribution is 2.09. The number of guanidine groups is 1. The van der Waals surface area contributed by atoms with Crippen LogP contribution in [0.15, 0.2) is 22.0 Å². The van der Waals surface area contributed by atoms with Crippen molar-refractivity contribution in [3.63, 3.8) is 0 Å². The molecule has 0 spiro atoms. The van der Waals surface area contributed by atoms with Crippen LogP contribution in [0.4, 0.5) is 0 Å². The molecule has 0 saturated heterocycles. The van der Waals surface area contributed by atoms with Crippen molar-refractivity contribution in [3.05, 3.63) is 27.7 Å². The van der Waals surface area contributed by atoms with Gasteiger partial charge in [-0.2, -0.15) is 0 Å². The molecule has 1 heterocycles. The topological polar surface area (TPSA) is 40.5 Å². The Labute approximate surface area is 134 Å². The Kier molecular flexibility index (Phi) is 8.54. The van der Waals surface area contributed by atoms with E-state index in [0.717, 1.165) is 23.2 Å². The number of aliphatic imine (C=N–C) groups is 1. The summed E-state index contributed by atoms with van der Waals surface area (Å²) in [6, 6.07) is 0. The van der Waals surface area contributed by atoms with Crippen LogP contribution < -0.4 is 5.32 Å². The SMILES string of the molecule is C=C(Cl)CNC(=NC)N(C)Cc1csc(C)n1.I. The predicted octanol–water partition coefficient (Wildman–Crippen LogP) is 2.83. The van der Waals surface area contributed by atoms with Gasteiger partial charge in [-0.25, -0.2) is 4.98 Å². The minimum absolute atomic E-state index is 0. The van der Waals surface area contributed by atoms with Crippen molar-refractivity contribution in [2.24, 2.45) is 4.99 Å².